The molecular formula is C19H29ClN2O3. The van der Waals surface area contributed by atoms with Crippen LogP contribution in [0.2, 0.25) is 0 Å². The molecule has 2 fully saturated rings. The van der Waals surface area contributed by atoms with Crippen LogP contribution in [0.4, 0.5) is 0 Å². The van der Waals surface area contributed by atoms with Gasteiger partial charge >= 0.3 is 0 Å². The quantitative estimate of drug-likeness (QED) is 0.810. The molecule has 0 radical (unpaired) electrons. The van der Waals surface area contributed by atoms with Crippen molar-refractivity contribution in [1.29, 1.82) is 0 Å². The highest BCUT2D eigenvalue weighted by molar-refractivity contribution is 5.94. The maximum atomic E-state index is 12.4. The predicted octanol–water partition coefficient (Wildman–Crippen LogP) is 2.79. The number of rotatable bonds is 6. The second-order valence-electron chi connectivity index (χ2n) is 7.22. The van der Waals surface area contributed by atoms with E-state index in [-0.39, 0.29) is 29.8 Å². The Kier molecular flexibility index (Phi) is 7.54. The molecule has 140 valence electrons. The van der Waals surface area contributed by atoms with E-state index in [9.17, 15) is 4.79 Å². The van der Waals surface area contributed by atoms with Gasteiger partial charge in [-0.2, -0.15) is 0 Å². The van der Waals surface area contributed by atoms with Crippen LogP contribution in [0.3, 0.4) is 0 Å². The van der Waals surface area contributed by atoms with Crippen molar-refractivity contribution in [2.45, 2.75) is 38.7 Å². The van der Waals surface area contributed by atoms with Gasteiger partial charge in [0.25, 0.3) is 5.91 Å². The molecule has 1 amide bonds. The molecule has 5 nitrogen and oxygen atoms in total. The molecule has 1 aromatic carbocycles. The molecule has 6 heteroatoms. The molecule has 0 saturated carbocycles. The molecule has 0 aromatic heterocycles. The number of amides is 1. The van der Waals surface area contributed by atoms with E-state index in [1.165, 1.54) is 0 Å². The highest BCUT2D eigenvalue weighted by Gasteiger charge is 2.27. The first kappa shape index (κ1) is 20.0. The van der Waals surface area contributed by atoms with Crippen LogP contribution in [0.15, 0.2) is 24.3 Å². The first-order valence-corrected chi connectivity index (χ1v) is 8.98. The fraction of sp³-hybridized carbons (Fsp3) is 0.632. The summed E-state index contributed by atoms with van der Waals surface area (Å²) in [6.45, 7) is 6.39. The molecular weight excluding hydrogens is 340 g/mol. The molecule has 2 saturated heterocycles. The van der Waals surface area contributed by atoms with Gasteiger partial charge in [-0.15, -0.1) is 12.4 Å². The Balaban J connectivity index is 0.00000225. The molecule has 0 spiro atoms. The van der Waals surface area contributed by atoms with Gasteiger partial charge in [0.1, 0.15) is 12.4 Å². The van der Waals surface area contributed by atoms with Crippen molar-refractivity contribution in [2.75, 3.05) is 32.8 Å². The standard InChI is InChI=1S/C19H28N2O3.ClH/c1-19(7-9-20-10-8-19)14-21-18(22)15-4-2-5-16(12-15)24-13-17-6-3-11-23-17;/h2,4-5,12,17,20H,3,6-11,13-14H2,1H3,(H,21,22);1H. The Labute approximate surface area is 156 Å². The van der Waals surface area contributed by atoms with Gasteiger partial charge in [0, 0.05) is 18.7 Å². The monoisotopic (exact) mass is 368 g/mol. The third-order valence-electron chi connectivity index (χ3n) is 5.04. The Hall–Kier alpha value is -1.30. The SMILES string of the molecule is CC1(CNC(=O)c2cccc(OCC3CCCO3)c2)CCNCC1.Cl. The van der Waals surface area contributed by atoms with Crippen LogP contribution in [0, 0.1) is 5.41 Å². The fourth-order valence-electron chi connectivity index (χ4n) is 3.29. The van der Waals surface area contributed by atoms with Crippen molar-refractivity contribution >= 4 is 18.3 Å². The summed E-state index contributed by atoms with van der Waals surface area (Å²) in [6.07, 6.45) is 4.52. The molecule has 2 N–H and O–H groups in total. The number of halogens is 1. The summed E-state index contributed by atoms with van der Waals surface area (Å²) >= 11 is 0. The van der Waals surface area contributed by atoms with Crippen LogP contribution < -0.4 is 15.4 Å². The largest absolute Gasteiger partial charge is 0.491 e. The van der Waals surface area contributed by atoms with Crippen molar-refractivity contribution < 1.29 is 14.3 Å². The average Bonchev–Trinajstić information content (AvgIpc) is 3.12. The van der Waals surface area contributed by atoms with Gasteiger partial charge in [-0.25, -0.2) is 0 Å². The van der Waals surface area contributed by atoms with E-state index in [1.54, 1.807) is 0 Å². The Bertz CT molecular complexity index is 555. The number of hydrogen-bond acceptors (Lipinski definition) is 4. The van der Waals surface area contributed by atoms with Crippen molar-refractivity contribution in [3.63, 3.8) is 0 Å². The lowest BCUT2D eigenvalue weighted by Crippen LogP contribution is -2.42. The minimum absolute atomic E-state index is 0. The van der Waals surface area contributed by atoms with Crippen LogP contribution in [-0.4, -0.2) is 44.9 Å². The lowest BCUT2D eigenvalue weighted by atomic mass is 9.81. The summed E-state index contributed by atoms with van der Waals surface area (Å²) in [6, 6.07) is 7.40. The van der Waals surface area contributed by atoms with Crippen molar-refractivity contribution in [1.82, 2.24) is 10.6 Å². The summed E-state index contributed by atoms with van der Waals surface area (Å²) in [5.74, 6) is 0.698. The summed E-state index contributed by atoms with van der Waals surface area (Å²) in [5.41, 5.74) is 0.840. The fourth-order valence-corrected chi connectivity index (χ4v) is 3.29. The summed E-state index contributed by atoms with van der Waals surface area (Å²) in [5, 5.41) is 6.45. The minimum atomic E-state index is -0.0303. The second-order valence-corrected chi connectivity index (χ2v) is 7.22. The molecule has 0 aliphatic carbocycles. The van der Waals surface area contributed by atoms with E-state index in [1.807, 2.05) is 24.3 Å². The van der Waals surface area contributed by atoms with Crippen molar-refractivity contribution in [2.24, 2.45) is 5.41 Å². The number of benzene rings is 1. The van der Waals surface area contributed by atoms with Crippen LogP contribution in [0.25, 0.3) is 0 Å². The Morgan fingerprint density at radius 1 is 1.40 bits per heavy atom. The lowest BCUT2D eigenvalue weighted by molar-refractivity contribution is 0.0679. The van der Waals surface area contributed by atoms with Crippen LogP contribution >= 0.6 is 12.4 Å². The zero-order chi connectivity index (χ0) is 16.8. The molecule has 2 aliphatic rings. The molecule has 0 bridgehead atoms. The summed E-state index contributed by atoms with van der Waals surface area (Å²) in [7, 11) is 0. The second kappa shape index (κ2) is 9.41. The zero-order valence-electron chi connectivity index (χ0n) is 14.9. The van der Waals surface area contributed by atoms with Gasteiger partial charge in [-0.05, 0) is 62.4 Å². The number of piperidine rings is 1. The van der Waals surface area contributed by atoms with E-state index < -0.39 is 0 Å². The number of carbonyl (C=O) groups excluding carboxylic acids is 1. The van der Waals surface area contributed by atoms with E-state index in [0.717, 1.165) is 51.1 Å². The molecule has 1 atom stereocenters. The first-order chi connectivity index (χ1) is 11.6. The lowest BCUT2D eigenvalue weighted by Gasteiger charge is -2.34. The van der Waals surface area contributed by atoms with Gasteiger partial charge in [0.05, 0.1) is 6.10 Å². The smallest absolute Gasteiger partial charge is 0.251 e. The third kappa shape index (κ3) is 5.87. The molecule has 2 aliphatic heterocycles. The maximum Gasteiger partial charge on any atom is 0.251 e. The van der Waals surface area contributed by atoms with Gasteiger partial charge in [-0.1, -0.05) is 13.0 Å². The number of ether oxygens (including phenoxy) is 2. The van der Waals surface area contributed by atoms with Crippen molar-refractivity contribution in [3.05, 3.63) is 29.8 Å². The van der Waals surface area contributed by atoms with E-state index >= 15 is 0 Å². The summed E-state index contributed by atoms with van der Waals surface area (Å²) < 4.78 is 11.3. The third-order valence-corrected chi connectivity index (χ3v) is 5.04. The highest BCUT2D eigenvalue weighted by Crippen LogP contribution is 2.27. The van der Waals surface area contributed by atoms with Crippen LogP contribution in [0.5, 0.6) is 5.75 Å². The Morgan fingerprint density at radius 2 is 2.20 bits per heavy atom. The summed E-state index contributed by atoms with van der Waals surface area (Å²) in [4.78, 5) is 12.4. The molecule has 3 rings (SSSR count). The van der Waals surface area contributed by atoms with Gasteiger partial charge in [0.15, 0.2) is 0 Å². The zero-order valence-corrected chi connectivity index (χ0v) is 15.7. The Morgan fingerprint density at radius 3 is 2.92 bits per heavy atom. The molecule has 2 heterocycles. The van der Waals surface area contributed by atoms with E-state index in [2.05, 4.69) is 17.6 Å². The topological polar surface area (TPSA) is 59.6 Å². The highest BCUT2D eigenvalue weighted by atomic mass is 35.5. The van der Waals surface area contributed by atoms with Gasteiger partial charge < -0.3 is 20.1 Å². The number of hydrogen-bond donors (Lipinski definition) is 2. The van der Waals surface area contributed by atoms with Crippen LogP contribution in [0.1, 0.15) is 43.0 Å². The number of nitrogens with one attached hydrogen (secondary N) is 2. The van der Waals surface area contributed by atoms with E-state index in [0.29, 0.717) is 18.7 Å². The normalized spacial score (nSPS) is 22.0. The maximum absolute atomic E-state index is 12.4. The molecule has 1 aromatic rings. The molecule has 25 heavy (non-hydrogen) atoms. The van der Waals surface area contributed by atoms with Crippen LogP contribution in [-0.2, 0) is 4.74 Å². The van der Waals surface area contributed by atoms with Gasteiger partial charge in [-0.3, -0.25) is 4.79 Å². The number of carbonyl (C=O) groups is 1. The van der Waals surface area contributed by atoms with Gasteiger partial charge in [0.2, 0.25) is 0 Å². The predicted molar refractivity (Wildman–Crippen MR) is 101 cm³/mol. The van der Waals surface area contributed by atoms with E-state index in [4.69, 9.17) is 9.47 Å². The average molecular weight is 369 g/mol. The first-order valence-electron chi connectivity index (χ1n) is 8.98. The molecule has 1 unspecified atom stereocenters. The minimum Gasteiger partial charge on any atom is -0.491 e. The van der Waals surface area contributed by atoms with Crippen molar-refractivity contribution in [3.8, 4) is 5.75 Å².